The maximum atomic E-state index is 13.7. The summed E-state index contributed by atoms with van der Waals surface area (Å²) in [5.74, 6) is -1.04. The molecule has 1 heterocycles. The van der Waals surface area contributed by atoms with Crippen molar-refractivity contribution >= 4 is 34.9 Å². The number of fused-ring (bicyclic) bond motifs is 1. The molecule has 0 aliphatic carbocycles. The first-order valence-electron chi connectivity index (χ1n) is 8.28. The van der Waals surface area contributed by atoms with Gasteiger partial charge in [0.05, 0.1) is 19.0 Å². The highest BCUT2D eigenvalue weighted by atomic mass is 19.1. The van der Waals surface area contributed by atoms with Crippen molar-refractivity contribution in [1.29, 1.82) is 0 Å². The number of methoxy groups -OCH3 is 1. The second-order valence-electron chi connectivity index (χ2n) is 6.90. The van der Waals surface area contributed by atoms with Crippen LogP contribution in [0.15, 0.2) is 30.7 Å². The third-order valence-corrected chi connectivity index (χ3v) is 3.82. The zero-order valence-electron chi connectivity index (χ0n) is 15.9. The molecule has 0 saturated heterocycles. The molecule has 2 rings (SSSR count). The first-order valence-corrected chi connectivity index (χ1v) is 8.28. The number of hydrogen-bond acceptors (Lipinski definition) is 5. The molecule has 1 aromatic carbocycles. The molecule has 9 heteroatoms. The number of aliphatic carboxylic acids is 1. The van der Waals surface area contributed by atoms with Crippen molar-refractivity contribution in [3.8, 4) is 5.75 Å². The van der Waals surface area contributed by atoms with Gasteiger partial charge in [0.2, 0.25) is 6.41 Å². The summed E-state index contributed by atoms with van der Waals surface area (Å²) in [5.41, 5.74) is -0.648. The summed E-state index contributed by atoms with van der Waals surface area (Å²) in [6.45, 7) is 5.09. The lowest BCUT2D eigenvalue weighted by Crippen LogP contribution is -2.36. The van der Waals surface area contributed by atoms with Gasteiger partial charge < -0.3 is 19.9 Å². The van der Waals surface area contributed by atoms with Crippen molar-refractivity contribution < 1.29 is 33.4 Å². The molecule has 1 unspecified atom stereocenters. The molecule has 0 aliphatic rings. The van der Waals surface area contributed by atoms with Gasteiger partial charge in [-0.25, -0.2) is 14.0 Å². The summed E-state index contributed by atoms with van der Waals surface area (Å²) in [7, 11) is 1.44. The molecule has 1 amide bonds. The fraction of sp³-hybridized carbons (Fsp3) is 0.316. The van der Waals surface area contributed by atoms with Crippen molar-refractivity contribution in [2.75, 3.05) is 7.11 Å². The van der Waals surface area contributed by atoms with Crippen LogP contribution >= 0.6 is 0 Å². The number of carboxylic acid groups (broad SMARTS) is 1. The van der Waals surface area contributed by atoms with Crippen molar-refractivity contribution in [3.05, 3.63) is 36.3 Å². The largest absolute Gasteiger partial charge is 0.497 e. The topological polar surface area (TPSA) is 107 Å². The molecule has 0 spiro atoms. The molecule has 0 bridgehead atoms. The van der Waals surface area contributed by atoms with E-state index < -0.39 is 23.7 Å². The second kappa shape index (κ2) is 8.12. The van der Waals surface area contributed by atoms with Crippen LogP contribution < -0.4 is 10.1 Å². The van der Waals surface area contributed by atoms with Crippen molar-refractivity contribution in [2.45, 2.75) is 32.4 Å². The molecule has 0 saturated carbocycles. The number of halogens is 1. The minimum atomic E-state index is -1.65. The number of rotatable bonds is 6. The Labute approximate surface area is 160 Å². The van der Waals surface area contributed by atoms with Gasteiger partial charge in [0.1, 0.15) is 11.4 Å². The van der Waals surface area contributed by atoms with Gasteiger partial charge in [-0.3, -0.25) is 9.36 Å². The normalized spacial score (nSPS) is 13.1. The second-order valence-corrected chi connectivity index (χ2v) is 6.90. The number of aromatic nitrogens is 1. The molecule has 8 nitrogen and oxygen atoms in total. The highest BCUT2D eigenvalue weighted by molar-refractivity contribution is 6.03. The zero-order chi connectivity index (χ0) is 21.1. The number of carbonyl (C=O) groups is 3. The van der Waals surface area contributed by atoms with E-state index in [0.29, 0.717) is 16.7 Å². The predicted molar refractivity (Wildman–Crippen MR) is 99.8 cm³/mol. The van der Waals surface area contributed by atoms with Crippen LogP contribution in [0.4, 0.5) is 9.18 Å². The van der Waals surface area contributed by atoms with Gasteiger partial charge in [-0.1, -0.05) is 0 Å². The van der Waals surface area contributed by atoms with Crippen LogP contribution in [0.1, 0.15) is 26.3 Å². The van der Waals surface area contributed by atoms with Crippen molar-refractivity contribution in [3.63, 3.8) is 0 Å². The monoisotopic (exact) mass is 392 g/mol. The van der Waals surface area contributed by atoms with Crippen LogP contribution in [0, 0.1) is 0 Å². The van der Waals surface area contributed by atoms with Crippen LogP contribution in [-0.2, 0) is 14.3 Å². The number of amides is 1. The lowest BCUT2D eigenvalue weighted by atomic mass is 9.99. The highest BCUT2D eigenvalue weighted by Gasteiger charge is 2.28. The van der Waals surface area contributed by atoms with Crippen LogP contribution in [0.5, 0.6) is 5.75 Å². The smallest absolute Gasteiger partial charge is 0.419 e. The summed E-state index contributed by atoms with van der Waals surface area (Å²) in [6, 6.07) is 3.06. The molecule has 2 aromatic rings. The van der Waals surface area contributed by atoms with E-state index in [1.807, 2.05) is 0 Å². The van der Waals surface area contributed by atoms with E-state index in [4.69, 9.17) is 9.47 Å². The quantitative estimate of drug-likeness (QED) is 0.732. The fourth-order valence-electron chi connectivity index (χ4n) is 2.67. The van der Waals surface area contributed by atoms with Gasteiger partial charge in [-0.05, 0) is 39.0 Å². The van der Waals surface area contributed by atoms with E-state index in [0.717, 1.165) is 4.57 Å². The average Bonchev–Trinajstić information content (AvgIpc) is 2.99. The van der Waals surface area contributed by atoms with Crippen molar-refractivity contribution in [2.24, 2.45) is 0 Å². The number of carbonyl (C=O) groups excluding carboxylic acids is 2. The summed E-state index contributed by atoms with van der Waals surface area (Å²) in [5, 5.41) is 11.8. The van der Waals surface area contributed by atoms with Crippen LogP contribution in [0.3, 0.4) is 0 Å². The number of carboxylic acids is 1. The lowest BCUT2D eigenvalue weighted by Gasteiger charge is -2.19. The average molecular weight is 392 g/mol. The minimum absolute atomic E-state index is 0.0863. The Morgan fingerprint density at radius 3 is 2.50 bits per heavy atom. The molecule has 1 aromatic heterocycles. The molecular formula is C19H21FN2O6. The Morgan fingerprint density at radius 1 is 1.32 bits per heavy atom. The van der Waals surface area contributed by atoms with Crippen LogP contribution in [-0.4, -0.2) is 46.9 Å². The Kier molecular flexibility index (Phi) is 6.07. The maximum absolute atomic E-state index is 13.7. The van der Waals surface area contributed by atoms with Gasteiger partial charge in [0.25, 0.3) is 0 Å². The number of ether oxygens (including phenoxy) is 2. The van der Waals surface area contributed by atoms with Crippen LogP contribution in [0.25, 0.3) is 16.5 Å². The first kappa shape index (κ1) is 20.9. The molecule has 0 radical (unpaired) electrons. The Hall–Kier alpha value is -3.36. The summed E-state index contributed by atoms with van der Waals surface area (Å²) < 4.78 is 25.4. The third kappa shape index (κ3) is 4.30. The summed E-state index contributed by atoms with van der Waals surface area (Å²) >= 11 is 0. The Bertz CT molecular complexity index is 942. The molecule has 0 aliphatic heterocycles. The standard InChI is InChI=1S/C19H21FN2O6/c1-19(2,3)28-18(26)22-9-14(12-7-11(27-4)5-6-15(12)22)13(8-20)16(17(24)25)21-10-23/h5-10,16H,1-4H3,(H,21,23)(H,24,25). The fourth-order valence-corrected chi connectivity index (χ4v) is 2.67. The number of nitrogens with zero attached hydrogens (tertiary/aromatic N) is 1. The van der Waals surface area contributed by atoms with E-state index in [1.165, 1.54) is 19.4 Å². The van der Waals surface area contributed by atoms with E-state index in [2.05, 4.69) is 5.32 Å². The van der Waals surface area contributed by atoms with Gasteiger partial charge in [-0.2, -0.15) is 0 Å². The van der Waals surface area contributed by atoms with Gasteiger partial charge >= 0.3 is 12.1 Å². The summed E-state index contributed by atoms with van der Waals surface area (Å²) in [6.07, 6.45) is 0.799. The summed E-state index contributed by atoms with van der Waals surface area (Å²) in [4.78, 5) is 34.9. The van der Waals surface area contributed by atoms with E-state index >= 15 is 0 Å². The molecule has 150 valence electrons. The van der Waals surface area contributed by atoms with Crippen LogP contribution in [0.2, 0.25) is 0 Å². The number of hydrogen-bond donors (Lipinski definition) is 2. The Morgan fingerprint density at radius 2 is 2.00 bits per heavy atom. The molecule has 1 atom stereocenters. The van der Waals surface area contributed by atoms with Gasteiger partial charge in [-0.15, -0.1) is 0 Å². The molecule has 28 heavy (non-hydrogen) atoms. The number of nitrogens with one attached hydrogen (secondary N) is 1. The van der Waals surface area contributed by atoms with Gasteiger partial charge in [0, 0.05) is 22.7 Å². The molecule has 2 N–H and O–H groups in total. The van der Waals surface area contributed by atoms with Gasteiger partial charge in [0.15, 0.2) is 6.04 Å². The number of benzene rings is 1. The zero-order valence-corrected chi connectivity index (χ0v) is 15.9. The predicted octanol–water partition coefficient (Wildman–Crippen LogP) is 2.94. The van der Waals surface area contributed by atoms with E-state index in [9.17, 15) is 23.9 Å². The SMILES string of the molecule is COc1ccc2c(c1)c(C(=CF)C(NC=O)C(=O)O)cn2C(=O)OC(C)(C)C. The third-order valence-electron chi connectivity index (χ3n) is 3.82. The highest BCUT2D eigenvalue weighted by Crippen LogP contribution is 2.33. The Balaban J connectivity index is 2.72. The lowest BCUT2D eigenvalue weighted by molar-refractivity contribution is -0.138. The maximum Gasteiger partial charge on any atom is 0.419 e. The van der Waals surface area contributed by atoms with E-state index in [-0.39, 0.29) is 23.9 Å². The minimum Gasteiger partial charge on any atom is -0.497 e. The molecular weight excluding hydrogens is 371 g/mol. The molecule has 0 fully saturated rings. The van der Waals surface area contributed by atoms with E-state index in [1.54, 1.807) is 32.9 Å². The first-order chi connectivity index (χ1) is 13.1. The van der Waals surface area contributed by atoms with Crippen molar-refractivity contribution in [1.82, 2.24) is 9.88 Å².